The van der Waals surface area contributed by atoms with Gasteiger partial charge < -0.3 is 10.3 Å². The van der Waals surface area contributed by atoms with Crippen LogP contribution in [0.25, 0.3) is 0 Å². The molecule has 1 heterocycles. The lowest BCUT2D eigenvalue weighted by Crippen LogP contribution is -2.30. The Balaban J connectivity index is 1.41. The van der Waals surface area contributed by atoms with Crippen molar-refractivity contribution in [3.63, 3.8) is 0 Å². The first-order chi connectivity index (χ1) is 16.6. The standard InChI is InChI=1S/C28H27N3O2S/c1-20-24(27(33)31-28(29-20)34-19-21-11-5-2-6-12-21)17-18-25(32)30-26(22-13-7-3-8-14-22)23-15-9-4-10-16-23/h2-16,26H,17-19H2,1H3,(H,30,32)(H,29,31,33). The van der Waals surface area contributed by atoms with Gasteiger partial charge in [-0.3, -0.25) is 9.59 Å². The van der Waals surface area contributed by atoms with Crippen molar-refractivity contribution in [3.05, 3.63) is 129 Å². The summed E-state index contributed by atoms with van der Waals surface area (Å²) in [6, 6.07) is 29.6. The van der Waals surface area contributed by atoms with Crippen molar-refractivity contribution in [1.29, 1.82) is 0 Å². The minimum Gasteiger partial charge on any atom is -0.345 e. The number of hydrogen-bond donors (Lipinski definition) is 2. The van der Waals surface area contributed by atoms with Crippen molar-refractivity contribution in [2.75, 3.05) is 0 Å². The van der Waals surface area contributed by atoms with E-state index >= 15 is 0 Å². The molecule has 2 N–H and O–H groups in total. The molecular formula is C28H27N3O2S. The van der Waals surface area contributed by atoms with E-state index in [0.29, 0.717) is 22.8 Å². The van der Waals surface area contributed by atoms with Crippen LogP contribution >= 0.6 is 11.8 Å². The Morgan fingerprint density at radius 2 is 1.47 bits per heavy atom. The van der Waals surface area contributed by atoms with Crippen LogP contribution in [0.4, 0.5) is 0 Å². The average molecular weight is 470 g/mol. The SMILES string of the molecule is Cc1nc(SCc2ccccc2)[nH]c(=O)c1CCC(=O)NC(c1ccccc1)c1ccccc1. The van der Waals surface area contributed by atoms with Crippen LogP contribution in [0.1, 0.15) is 40.4 Å². The Kier molecular flexibility index (Phi) is 7.94. The molecule has 34 heavy (non-hydrogen) atoms. The molecule has 0 spiro atoms. The molecule has 5 nitrogen and oxygen atoms in total. The first-order valence-electron chi connectivity index (χ1n) is 11.3. The van der Waals surface area contributed by atoms with Gasteiger partial charge in [0.25, 0.3) is 5.56 Å². The molecule has 0 aliphatic carbocycles. The number of hydrogen-bond acceptors (Lipinski definition) is 4. The number of aromatic nitrogens is 2. The largest absolute Gasteiger partial charge is 0.345 e. The number of aryl methyl sites for hydroxylation is 1. The van der Waals surface area contributed by atoms with Gasteiger partial charge in [0.2, 0.25) is 5.91 Å². The summed E-state index contributed by atoms with van der Waals surface area (Å²) in [5.41, 5.74) is 4.22. The van der Waals surface area contributed by atoms with E-state index in [-0.39, 0.29) is 23.9 Å². The molecule has 0 saturated carbocycles. The first kappa shape index (κ1) is 23.5. The minimum atomic E-state index is -0.246. The van der Waals surface area contributed by atoms with E-state index < -0.39 is 0 Å². The normalized spacial score (nSPS) is 10.9. The van der Waals surface area contributed by atoms with E-state index in [2.05, 4.69) is 15.3 Å². The highest BCUT2D eigenvalue weighted by atomic mass is 32.2. The van der Waals surface area contributed by atoms with Crippen LogP contribution in [0.15, 0.2) is 101 Å². The first-order valence-corrected chi connectivity index (χ1v) is 12.2. The van der Waals surface area contributed by atoms with Crippen LogP contribution in [0.3, 0.4) is 0 Å². The second-order valence-corrected chi connectivity index (χ2v) is 9.00. The molecular weight excluding hydrogens is 442 g/mol. The molecule has 4 rings (SSSR count). The lowest BCUT2D eigenvalue weighted by Gasteiger charge is -2.20. The predicted molar refractivity (Wildman–Crippen MR) is 137 cm³/mol. The zero-order chi connectivity index (χ0) is 23.8. The summed E-state index contributed by atoms with van der Waals surface area (Å²) in [5.74, 6) is 0.616. The summed E-state index contributed by atoms with van der Waals surface area (Å²) >= 11 is 1.49. The van der Waals surface area contributed by atoms with Crippen molar-refractivity contribution >= 4 is 17.7 Å². The summed E-state index contributed by atoms with van der Waals surface area (Å²) in [7, 11) is 0. The fourth-order valence-corrected chi connectivity index (χ4v) is 4.66. The number of thioether (sulfide) groups is 1. The minimum absolute atomic E-state index is 0.112. The maximum Gasteiger partial charge on any atom is 0.254 e. The van der Waals surface area contributed by atoms with Crippen LogP contribution < -0.4 is 10.9 Å². The van der Waals surface area contributed by atoms with Gasteiger partial charge in [0.15, 0.2) is 5.16 Å². The number of carbonyl (C=O) groups is 1. The molecule has 0 fully saturated rings. The third-order valence-corrected chi connectivity index (χ3v) is 6.54. The number of H-pyrrole nitrogens is 1. The molecule has 4 aromatic rings. The molecule has 0 aliphatic heterocycles. The third kappa shape index (κ3) is 6.23. The summed E-state index contributed by atoms with van der Waals surface area (Å²) in [5, 5.41) is 3.72. The highest BCUT2D eigenvalue weighted by molar-refractivity contribution is 7.98. The Labute approximate surface area is 203 Å². The van der Waals surface area contributed by atoms with Gasteiger partial charge in [-0.15, -0.1) is 0 Å². The quantitative estimate of drug-likeness (QED) is 0.261. The summed E-state index contributed by atoms with van der Waals surface area (Å²) in [6.45, 7) is 1.83. The second kappa shape index (κ2) is 11.5. The molecule has 0 aliphatic rings. The van der Waals surface area contributed by atoms with E-state index in [1.165, 1.54) is 17.3 Å². The van der Waals surface area contributed by atoms with Crippen molar-refractivity contribution < 1.29 is 4.79 Å². The van der Waals surface area contributed by atoms with Gasteiger partial charge in [-0.05, 0) is 30.0 Å². The number of amides is 1. The smallest absolute Gasteiger partial charge is 0.254 e. The molecule has 1 aromatic heterocycles. The number of nitrogens with zero attached hydrogens (tertiary/aromatic N) is 1. The van der Waals surface area contributed by atoms with Gasteiger partial charge in [0.1, 0.15) is 0 Å². The zero-order valence-electron chi connectivity index (χ0n) is 19.0. The van der Waals surface area contributed by atoms with Crippen molar-refractivity contribution in [2.24, 2.45) is 0 Å². The number of rotatable bonds is 9. The van der Waals surface area contributed by atoms with Crippen LogP contribution in [0.5, 0.6) is 0 Å². The molecule has 0 saturated heterocycles. The van der Waals surface area contributed by atoms with Gasteiger partial charge in [-0.25, -0.2) is 4.98 Å². The van der Waals surface area contributed by atoms with E-state index in [1.54, 1.807) is 0 Å². The maximum absolute atomic E-state index is 12.9. The van der Waals surface area contributed by atoms with Crippen LogP contribution in [-0.4, -0.2) is 15.9 Å². The zero-order valence-corrected chi connectivity index (χ0v) is 19.8. The molecule has 172 valence electrons. The molecule has 0 atom stereocenters. The number of benzene rings is 3. The van der Waals surface area contributed by atoms with Crippen LogP contribution in [0, 0.1) is 6.92 Å². The average Bonchev–Trinajstić information content (AvgIpc) is 2.87. The molecule has 3 aromatic carbocycles. The lowest BCUT2D eigenvalue weighted by molar-refractivity contribution is -0.121. The number of carbonyl (C=O) groups excluding carboxylic acids is 1. The van der Waals surface area contributed by atoms with E-state index in [4.69, 9.17) is 0 Å². The van der Waals surface area contributed by atoms with Gasteiger partial charge in [-0.2, -0.15) is 0 Å². The molecule has 6 heteroatoms. The Morgan fingerprint density at radius 3 is 2.03 bits per heavy atom. The van der Waals surface area contributed by atoms with Crippen LogP contribution in [-0.2, 0) is 17.0 Å². The van der Waals surface area contributed by atoms with Gasteiger partial charge in [0.05, 0.1) is 6.04 Å². The number of aromatic amines is 1. The van der Waals surface area contributed by atoms with Gasteiger partial charge in [0, 0.05) is 23.4 Å². The maximum atomic E-state index is 12.9. The second-order valence-electron chi connectivity index (χ2n) is 8.03. The summed E-state index contributed by atoms with van der Waals surface area (Å²) in [4.78, 5) is 33.0. The molecule has 0 radical (unpaired) electrons. The Morgan fingerprint density at radius 1 is 0.912 bits per heavy atom. The van der Waals surface area contributed by atoms with E-state index in [0.717, 1.165) is 16.9 Å². The number of nitrogens with one attached hydrogen (secondary N) is 2. The highest BCUT2D eigenvalue weighted by Crippen LogP contribution is 2.22. The van der Waals surface area contributed by atoms with E-state index in [9.17, 15) is 9.59 Å². The Hall–Kier alpha value is -3.64. The third-order valence-electron chi connectivity index (χ3n) is 5.59. The van der Waals surface area contributed by atoms with Gasteiger partial charge >= 0.3 is 0 Å². The van der Waals surface area contributed by atoms with Gasteiger partial charge in [-0.1, -0.05) is 103 Å². The fourth-order valence-electron chi connectivity index (χ4n) is 3.80. The van der Waals surface area contributed by atoms with Crippen molar-refractivity contribution in [3.8, 4) is 0 Å². The summed E-state index contributed by atoms with van der Waals surface area (Å²) in [6.07, 6.45) is 0.540. The van der Waals surface area contributed by atoms with Crippen LogP contribution in [0.2, 0.25) is 0 Å². The topological polar surface area (TPSA) is 74.8 Å². The molecule has 1 amide bonds. The molecule has 0 unspecified atom stereocenters. The predicted octanol–water partition coefficient (Wildman–Crippen LogP) is 5.21. The Bertz CT molecular complexity index is 1240. The summed E-state index contributed by atoms with van der Waals surface area (Å²) < 4.78 is 0. The lowest BCUT2D eigenvalue weighted by atomic mass is 9.98. The molecule has 0 bridgehead atoms. The highest BCUT2D eigenvalue weighted by Gasteiger charge is 2.17. The van der Waals surface area contributed by atoms with E-state index in [1.807, 2.05) is 97.9 Å². The van der Waals surface area contributed by atoms with Crippen molar-refractivity contribution in [2.45, 2.75) is 36.7 Å². The fraction of sp³-hybridized carbons (Fsp3) is 0.179. The monoisotopic (exact) mass is 469 g/mol. The van der Waals surface area contributed by atoms with Crippen molar-refractivity contribution in [1.82, 2.24) is 15.3 Å².